The molecule has 3 heteroatoms. The van der Waals surface area contributed by atoms with Crippen LogP contribution in [0.1, 0.15) is 93.3 Å². The summed E-state index contributed by atoms with van der Waals surface area (Å²) in [7, 11) is 0. The van der Waals surface area contributed by atoms with E-state index in [9.17, 15) is 0 Å². The van der Waals surface area contributed by atoms with Gasteiger partial charge in [0.05, 0.1) is 6.61 Å². The van der Waals surface area contributed by atoms with E-state index < -0.39 is 0 Å². The van der Waals surface area contributed by atoms with E-state index >= 15 is 0 Å². The standard InChI is InChI=1S/C28H44NO.BrH/c1-6-8-10-14-26-16-17-28(27(22-26)15-11-9-7-2)30-19-13-12-18-29-24(4)20-23(3)21-25(29)5;/h16-17,20-22H,6-15,18-19H2,1-5H3;1H/q+1;/p-1. The molecule has 1 aromatic heterocycles. The summed E-state index contributed by atoms with van der Waals surface area (Å²) in [6.45, 7) is 13.0. The summed E-state index contributed by atoms with van der Waals surface area (Å²) in [5, 5.41) is 0. The molecule has 0 saturated carbocycles. The Morgan fingerprint density at radius 2 is 1.39 bits per heavy atom. The van der Waals surface area contributed by atoms with Gasteiger partial charge in [0.15, 0.2) is 11.4 Å². The van der Waals surface area contributed by atoms with Crippen molar-refractivity contribution in [1.29, 1.82) is 0 Å². The van der Waals surface area contributed by atoms with Gasteiger partial charge in [-0.15, -0.1) is 0 Å². The summed E-state index contributed by atoms with van der Waals surface area (Å²) in [5.74, 6) is 1.11. The molecular weight excluding hydrogens is 446 g/mol. The van der Waals surface area contributed by atoms with E-state index in [-0.39, 0.29) is 17.0 Å². The van der Waals surface area contributed by atoms with Gasteiger partial charge in [-0.3, -0.25) is 0 Å². The van der Waals surface area contributed by atoms with Crippen LogP contribution >= 0.6 is 0 Å². The lowest BCUT2D eigenvalue weighted by Crippen LogP contribution is -3.00. The van der Waals surface area contributed by atoms with Crippen molar-refractivity contribution in [2.24, 2.45) is 0 Å². The van der Waals surface area contributed by atoms with Crippen LogP contribution in [0, 0.1) is 20.8 Å². The Morgan fingerprint density at radius 3 is 2.03 bits per heavy atom. The molecule has 2 aromatic rings. The fraction of sp³-hybridized carbons (Fsp3) is 0.607. The van der Waals surface area contributed by atoms with Crippen molar-refractivity contribution < 1.29 is 26.3 Å². The Balaban J connectivity index is 0.00000480. The predicted octanol–water partition coefficient (Wildman–Crippen LogP) is 4.23. The monoisotopic (exact) mass is 489 g/mol. The Bertz CT molecular complexity index is 749. The third-order valence-electron chi connectivity index (χ3n) is 6.00. The highest BCUT2D eigenvalue weighted by molar-refractivity contribution is 5.37. The van der Waals surface area contributed by atoms with E-state index in [4.69, 9.17) is 4.74 Å². The quantitative estimate of drug-likeness (QED) is 0.285. The van der Waals surface area contributed by atoms with Crippen molar-refractivity contribution >= 4 is 0 Å². The number of halogens is 1. The van der Waals surface area contributed by atoms with Crippen molar-refractivity contribution in [3.63, 3.8) is 0 Å². The topological polar surface area (TPSA) is 13.1 Å². The summed E-state index contributed by atoms with van der Waals surface area (Å²) >= 11 is 0. The summed E-state index contributed by atoms with van der Waals surface area (Å²) in [5.41, 5.74) is 6.94. The number of nitrogens with zero attached hydrogens (tertiary/aromatic N) is 1. The molecule has 0 N–H and O–H groups in total. The molecule has 0 spiro atoms. The zero-order valence-electron chi connectivity index (χ0n) is 20.6. The third-order valence-corrected chi connectivity index (χ3v) is 6.00. The molecule has 2 nitrogen and oxygen atoms in total. The first-order valence-corrected chi connectivity index (χ1v) is 12.3. The largest absolute Gasteiger partial charge is 1.00 e. The predicted molar refractivity (Wildman–Crippen MR) is 128 cm³/mol. The van der Waals surface area contributed by atoms with Crippen LogP contribution in [0.2, 0.25) is 0 Å². The highest BCUT2D eigenvalue weighted by atomic mass is 79.9. The van der Waals surface area contributed by atoms with Gasteiger partial charge >= 0.3 is 0 Å². The van der Waals surface area contributed by atoms with E-state index in [1.807, 2.05) is 0 Å². The molecule has 0 unspecified atom stereocenters. The Kier molecular flexibility index (Phi) is 13.8. The van der Waals surface area contributed by atoms with Gasteiger partial charge in [0, 0.05) is 32.4 Å². The number of rotatable bonds is 14. The summed E-state index contributed by atoms with van der Waals surface area (Å²) in [6, 6.07) is 11.5. The molecule has 0 atom stereocenters. The Morgan fingerprint density at radius 1 is 0.742 bits per heavy atom. The normalized spacial score (nSPS) is 10.7. The lowest BCUT2D eigenvalue weighted by atomic mass is 10.00. The number of hydrogen-bond acceptors (Lipinski definition) is 1. The second kappa shape index (κ2) is 15.5. The number of unbranched alkanes of at least 4 members (excludes halogenated alkanes) is 5. The molecule has 0 saturated heterocycles. The van der Waals surface area contributed by atoms with Gasteiger partial charge in [-0.05, 0) is 61.8 Å². The minimum atomic E-state index is 0. The highest BCUT2D eigenvalue weighted by Gasteiger charge is 2.11. The van der Waals surface area contributed by atoms with E-state index in [0.29, 0.717) is 0 Å². The lowest BCUT2D eigenvalue weighted by Gasteiger charge is -2.14. The number of benzene rings is 1. The molecule has 0 bridgehead atoms. The van der Waals surface area contributed by atoms with Crippen molar-refractivity contribution in [2.45, 2.75) is 105 Å². The van der Waals surface area contributed by atoms with Crippen molar-refractivity contribution in [3.8, 4) is 5.75 Å². The molecule has 2 rings (SSSR count). The molecule has 31 heavy (non-hydrogen) atoms. The molecule has 1 aromatic carbocycles. The third kappa shape index (κ3) is 9.76. The average molecular weight is 491 g/mol. The SMILES string of the molecule is CCCCCc1ccc(OCCCC[n+]2c(C)cc(C)cc2C)c(CCCCC)c1.[Br-]. The summed E-state index contributed by atoms with van der Waals surface area (Å²) in [6.07, 6.45) is 12.3. The van der Waals surface area contributed by atoms with Crippen LogP contribution in [0.25, 0.3) is 0 Å². The number of ether oxygens (including phenoxy) is 1. The minimum Gasteiger partial charge on any atom is -1.00 e. The number of pyridine rings is 1. The van der Waals surface area contributed by atoms with Gasteiger partial charge in [0.25, 0.3) is 0 Å². The van der Waals surface area contributed by atoms with Gasteiger partial charge in [0.1, 0.15) is 12.3 Å². The Hall–Kier alpha value is -1.35. The molecule has 0 fully saturated rings. The second-order valence-corrected chi connectivity index (χ2v) is 8.88. The van der Waals surface area contributed by atoms with Crippen LogP contribution in [0.4, 0.5) is 0 Å². The fourth-order valence-corrected chi connectivity index (χ4v) is 4.31. The highest BCUT2D eigenvalue weighted by Crippen LogP contribution is 2.24. The Labute approximate surface area is 202 Å². The van der Waals surface area contributed by atoms with Crippen LogP contribution in [-0.2, 0) is 19.4 Å². The average Bonchev–Trinajstić information content (AvgIpc) is 2.71. The molecular formula is C28H44BrNO. The maximum atomic E-state index is 6.26. The van der Waals surface area contributed by atoms with Gasteiger partial charge in [-0.25, -0.2) is 4.57 Å². The number of hydrogen-bond donors (Lipinski definition) is 0. The van der Waals surface area contributed by atoms with Gasteiger partial charge < -0.3 is 21.7 Å². The first-order chi connectivity index (χ1) is 14.5. The first kappa shape index (κ1) is 27.7. The smallest absolute Gasteiger partial charge is 0.178 e. The van der Waals surface area contributed by atoms with Crippen molar-refractivity contribution in [1.82, 2.24) is 0 Å². The summed E-state index contributed by atoms with van der Waals surface area (Å²) in [4.78, 5) is 0. The lowest BCUT2D eigenvalue weighted by molar-refractivity contribution is -0.709. The van der Waals surface area contributed by atoms with Gasteiger partial charge in [-0.2, -0.15) is 0 Å². The number of aryl methyl sites for hydroxylation is 5. The molecule has 0 aliphatic carbocycles. The molecule has 0 radical (unpaired) electrons. The van der Waals surface area contributed by atoms with Crippen LogP contribution in [0.5, 0.6) is 5.75 Å². The molecule has 0 amide bonds. The second-order valence-electron chi connectivity index (χ2n) is 8.88. The summed E-state index contributed by atoms with van der Waals surface area (Å²) < 4.78 is 8.68. The minimum absolute atomic E-state index is 0. The van der Waals surface area contributed by atoms with E-state index in [0.717, 1.165) is 38.2 Å². The zero-order valence-corrected chi connectivity index (χ0v) is 22.2. The van der Waals surface area contributed by atoms with Crippen molar-refractivity contribution in [2.75, 3.05) is 6.61 Å². The maximum absolute atomic E-state index is 6.26. The molecule has 174 valence electrons. The van der Waals surface area contributed by atoms with Crippen LogP contribution in [-0.4, -0.2) is 6.61 Å². The van der Waals surface area contributed by atoms with Crippen LogP contribution < -0.4 is 26.3 Å². The van der Waals surface area contributed by atoms with Crippen molar-refractivity contribution in [3.05, 3.63) is 58.4 Å². The van der Waals surface area contributed by atoms with E-state index in [1.54, 1.807) is 0 Å². The van der Waals surface area contributed by atoms with Crippen LogP contribution in [0.15, 0.2) is 30.3 Å². The molecule has 0 aliphatic heterocycles. The van der Waals surface area contributed by atoms with Gasteiger partial charge in [0.2, 0.25) is 0 Å². The van der Waals surface area contributed by atoms with Gasteiger partial charge in [-0.1, -0.05) is 51.7 Å². The molecule has 1 heterocycles. The van der Waals surface area contributed by atoms with Crippen LogP contribution in [0.3, 0.4) is 0 Å². The van der Waals surface area contributed by atoms with E-state index in [2.05, 4.69) is 69.5 Å². The maximum Gasteiger partial charge on any atom is 0.178 e. The van der Waals surface area contributed by atoms with E-state index in [1.165, 1.54) is 73.0 Å². The number of aromatic nitrogens is 1. The molecule has 0 aliphatic rings. The fourth-order valence-electron chi connectivity index (χ4n) is 4.31. The first-order valence-electron chi connectivity index (χ1n) is 12.3. The zero-order chi connectivity index (χ0) is 21.8.